The number of ether oxygens (including phenoxy) is 1. The number of hydrogen-bond acceptors (Lipinski definition) is 4. The van der Waals surface area contributed by atoms with Crippen molar-refractivity contribution in [3.63, 3.8) is 0 Å². The highest BCUT2D eigenvalue weighted by atomic mass is 32.1. The fourth-order valence-electron chi connectivity index (χ4n) is 2.25. The van der Waals surface area contributed by atoms with Crippen molar-refractivity contribution in [3.05, 3.63) is 39.8 Å². The lowest BCUT2D eigenvalue weighted by molar-refractivity contribution is -0.0394. The van der Waals surface area contributed by atoms with Crippen LogP contribution in [0.15, 0.2) is 29.6 Å². The SMILES string of the molecule is [N-]=[N+]=NC(=O)c1ccc(-c2cnn(C3CCCCO3)c2)s1. The van der Waals surface area contributed by atoms with Crippen molar-refractivity contribution in [2.24, 2.45) is 5.11 Å². The maximum absolute atomic E-state index is 11.5. The van der Waals surface area contributed by atoms with E-state index in [4.69, 9.17) is 10.3 Å². The van der Waals surface area contributed by atoms with Crippen molar-refractivity contribution in [1.29, 1.82) is 0 Å². The van der Waals surface area contributed by atoms with Gasteiger partial charge in [-0.1, -0.05) is 0 Å². The van der Waals surface area contributed by atoms with Gasteiger partial charge in [0.2, 0.25) is 0 Å². The lowest BCUT2D eigenvalue weighted by Crippen LogP contribution is -2.18. The molecule has 1 aliphatic rings. The number of thiophene rings is 1. The van der Waals surface area contributed by atoms with Crippen LogP contribution < -0.4 is 0 Å². The molecule has 0 aromatic carbocycles. The summed E-state index contributed by atoms with van der Waals surface area (Å²) in [6.45, 7) is 0.768. The highest BCUT2D eigenvalue weighted by Gasteiger charge is 2.17. The molecule has 1 unspecified atom stereocenters. The van der Waals surface area contributed by atoms with Gasteiger partial charge in [-0.3, -0.25) is 4.79 Å². The van der Waals surface area contributed by atoms with Crippen molar-refractivity contribution < 1.29 is 9.53 Å². The number of hydrogen-bond donors (Lipinski definition) is 0. The second-order valence-electron chi connectivity index (χ2n) is 4.69. The van der Waals surface area contributed by atoms with E-state index in [1.165, 1.54) is 11.3 Å². The topological polar surface area (TPSA) is 92.9 Å². The molecule has 0 spiro atoms. The number of nitrogens with zero attached hydrogens (tertiary/aromatic N) is 5. The number of aromatic nitrogens is 2. The molecule has 7 nitrogen and oxygen atoms in total. The van der Waals surface area contributed by atoms with Gasteiger partial charge in [-0.15, -0.1) is 11.3 Å². The van der Waals surface area contributed by atoms with Gasteiger partial charge in [0.05, 0.1) is 11.1 Å². The Morgan fingerprint density at radius 3 is 3.19 bits per heavy atom. The smallest absolute Gasteiger partial charge is 0.259 e. The molecule has 3 rings (SSSR count). The van der Waals surface area contributed by atoms with Gasteiger partial charge in [-0.25, -0.2) is 4.68 Å². The summed E-state index contributed by atoms with van der Waals surface area (Å²) < 4.78 is 7.51. The van der Waals surface area contributed by atoms with Gasteiger partial charge >= 0.3 is 0 Å². The third-order valence-corrected chi connectivity index (χ3v) is 4.41. The molecule has 21 heavy (non-hydrogen) atoms. The first-order valence-corrected chi connectivity index (χ1v) is 7.45. The molecule has 108 valence electrons. The van der Waals surface area contributed by atoms with Crippen LogP contribution in [0.5, 0.6) is 0 Å². The van der Waals surface area contributed by atoms with Gasteiger partial charge in [-0.05, 0) is 42.0 Å². The van der Waals surface area contributed by atoms with Crippen LogP contribution in [0.4, 0.5) is 0 Å². The van der Waals surface area contributed by atoms with Gasteiger partial charge in [0.1, 0.15) is 6.23 Å². The molecule has 1 saturated heterocycles. The van der Waals surface area contributed by atoms with Crippen LogP contribution in [0, 0.1) is 0 Å². The first-order valence-electron chi connectivity index (χ1n) is 6.63. The minimum absolute atomic E-state index is 0.00301. The molecule has 2 aromatic heterocycles. The molecule has 1 amide bonds. The van der Waals surface area contributed by atoms with Crippen LogP contribution in [0.2, 0.25) is 0 Å². The summed E-state index contributed by atoms with van der Waals surface area (Å²) in [7, 11) is 0. The Morgan fingerprint density at radius 2 is 2.43 bits per heavy atom. The fraction of sp³-hybridized carbons (Fsp3) is 0.385. The number of rotatable bonds is 3. The monoisotopic (exact) mass is 303 g/mol. The molecule has 0 bridgehead atoms. The number of carbonyl (C=O) groups excluding carboxylic acids is 1. The molecule has 3 heterocycles. The number of amides is 1. The van der Waals surface area contributed by atoms with Gasteiger partial charge in [-0.2, -0.15) is 5.10 Å². The first-order chi connectivity index (χ1) is 10.3. The molecule has 0 N–H and O–H groups in total. The average molecular weight is 303 g/mol. The lowest BCUT2D eigenvalue weighted by atomic mass is 10.2. The molecule has 1 atom stereocenters. The summed E-state index contributed by atoms with van der Waals surface area (Å²) >= 11 is 1.29. The Bertz CT molecular complexity index is 695. The summed E-state index contributed by atoms with van der Waals surface area (Å²) in [5.74, 6) is -0.559. The van der Waals surface area contributed by atoms with Crippen molar-refractivity contribution >= 4 is 17.2 Å². The zero-order valence-corrected chi connectivity index (χ0v) is 12.0. The Hall–Kier alpha value is -2.15. The van der Waals surface area contributed by atoms with Crippen molar-refractivity contribution in [3.8, 4) is 10.4 Å². The standard InChI is InChI=1S/C13H13N5O2S/c14-17-16-13(19)11-5-4-10(21-11)9-7-15-18(8-9)12-3-1-2-6-20-12/h4-5,7-8,12H,1-3,6H2. The Balaban J connectivity index is 1.79. The Morgan fingerprint density at radius 1 is 1.52 bits per heavy atom. The third-order valence-electron chi connectivity index (χ3n) is 3.29. The van der Waals surface area contributed by atoms with Crippen molar-refractivity contribution in [2.45, 2.75) is 25.5 Å². The summed E-state index contributed by atoms with van der Waals surface area (Å²) in [6, 6.07) is 3.49. The normalized spacial score (nSPS) is 18.2. The highest BCUT2D eigenvalue weighted by Crippen LogP contribution is 2.30. The molecule has 0 saturated carbocycles. The highest BCUT2D eigenvalue weighted by molar-refractivity contribution is 7.17. The fourth-order valence-corrected chi connectivity index (χ4v) is 3.11. The predicted octanol–water partition coefficient (Wildman–Crippen LogP) is 3.76. The van der Waals surface area contributed by atoms with Gasteiger partial charge < -0.3 is 4.74 Å². The minimum Gasteiger partial charge on any atom is -0.357 e. The zero-order valence-electron chi connectivity index (χ0n) is 11.2. The Kier molecular flexibility index (Phi) is 4.01. The maximum Gasteiger partial charge on any atom is 0.259 e. The predicted molar refractivity (Wildman–Crippen MR) is 77.9 cm³/mol. The van der Waals surface area contributed by atoms with E-state index in [0.29, 0.717) is 4.88 Å². The second kappa shape index (κ2) is 6.09. The van der Waals surface area contributed by atoms with E-state index < -0.39 is 5.91 Å². The summed E-state index contributed by atoms with van der Waals surface area (Å²) in [5, 5.41) is 7.43. The van der Waals surface area contributed by atoms with Crippen LogP contribution in [0.1, 0.15) is 35.2 Å². The van der Waals surface area contributed by atoms with Gasteiger partial charge in [0.25, 0.3) is 5.91 Å². The summed E-state index contributed by atoms with van der Waals surface area (Å²) in [5.41, 5.74) is 9.21. The van der Waals surface area contributed by atoms with Crippen molar-refractivity contribution in [1.82, 2.24) is 9.78 Å². The summed E-state index contributed by atoms with van der Waals surface area (Å²) in [4.78, 5) is 15.3. The maximum atomic E-state index is 11.5. The summed E-state index contributed by atoms with van der Waals surface area (Å²) in [6.07, 6.45) is 6.88. The van der Waals surface area contributed by atoms with Crippen LogP contribution >= 0.6 is 11.3 Å². The van der Waals surface area contributed by atoms with Gasteiger partial charge in [0.15, 0.2) is 0 Å². The molecule has 2 aromatic rings. The minimum atomic E-state index is -0.559. The molecule has 0 aliphatic carbocycles. The van der Waals surface area contributed by atoms with E-state index in [1.807, 2.05) is 16.9 Å². The quantitative estimate of drug-likeness (QED) is 0.491. The molecule has 1 aliphatic heterocycles. The van der Waals surface area contributed by atoms with Gasteiger partial charge in [0, 0.05) is 28.2 Å². The second-order valence-corrected chi connectivity index (χ2v) is 5.77. The molecular formula is C13H13N5O2S. The lowest BCUT2D eigenvalue weighted by Gasteiger charge is -2.22. The zero-order chi connectivity index (χ0) is 14.7. The van der Waals surface area contributed by atoms with Crippen molar-refractivity contribution in [2.75, 3.05) is 6.61 Å². The van der Waals surface area contributed by atoms with Crippen LogP contribution in [-0.4, -0.2) is 22.3 Å². The van der Waals surface area contributed by atoms with Crippen LogP contribution in [-0.2, 0) is 4.74 Å². The van der Waals surface area contributed by atoms with Crippen LogP contribution in [0.3, 0.4) is 0 Å². The molecule has 8 heteroatoms. The molecule has 0 radical (unpaired) electrons. The van der Waals surface area contributed by atoms with E-state index in [2.05, 4.69) is 15.1 Å². The third kappa shape index (κ3) is 2.97. The van der Waals surface area contributed by atoms with Crippen LogP contribution in [0.25, 0.3) is 20.9 Å². The number of carbonyl (C=O) groups is 1. The van der Waals surface area contributed by atoms with E-state index >= 15 is 0 Å². The largest absolute Gasteiger partial charge is 0.357 e. The number of azide groups is 1. The average Bonchev–Trinajstić information content (AvgIpc) is 3.17. The Labute approximate surface area is 124 Å². The molecular weight excluding hydrogens is 290 g/mol. The first kappa shape index (κ1) is 13.8. The van der Waals surface area contributed by atoms with E-state index in [0.717, 1.165) is 36.3 Å². The van der Waals surface area contributed by atoms with E-state index in [-0.39, 0.29) is 6.23 Å². The molecule has 1 fully saturated rings. The van der Waals surface area contributed by atoms with E-state index in [9.17, 15) is 4.79 Å². The van der Waals surface area contributed by atoms with E-state index in [1.54, 1.807) is 12.3 Å².